The van der Waals surface area contributed by atoms with Crippen LogP contribution in [0.1, 0.15) is 20.3 Å². The van der Waals surface area contributed by atoms with Gasteiger partial charge in [-0.05, 0) is 24.6 Å². The van der Waals surface area contributed by atoms with E-state index in [9.17, 15) is 0 Å². The molecule has 0 radical (unpaired) electrons. The second-order valence-electron chi connectivity index (χ2n) is 3.88. The Hall–Kier alpha value is -0.470. The molecule has 0 amide bonds. The first kappa shape index (κ1) is 12.6. The lowest BCUT2D eigenvalue weighted by Gasteiger charge is -2.09. The van der Waals surface area contributed by atoms with Gasteiger partial charge in [-0.15, -0.1) is 11.8 Å². The summed E-state index contributed by atoms with van der Waals surface area (Å²) in [6, 6.07) is 10.6. The molecule has 1 N–H and O–H groups in total. The molecule has 1 unspecified atom stereocenters. The normalized spacial score (nSPS) is 12.7. The van der Waals surface area contributed by atoms with E-state index >= 15 is 0 Å². The van der Waals surface area contributed by atoms with E-state index in [2.05, 4.69) is 49.5 Å². The van der Waals surface area contributed by atoms with Gasteiger partial charge in [0.2, 0.25) is 0 Å². The monoisotopic (exact) mass is 223 g/mol. The molecular weight excluding hydrogens is 202 g/mol. The van der Waals surface area contributed by atoms with Crippen LogP contribution in [0.25, 0.3) is 0 Å². The number of hydrogen-bond acceptors (Lipinski definition) is 2. The van der Waals surface area contributed by atoms with E-state index in [1.807, 2.05) is 11.8 Å². The quantitative estimate of drug-likeness (QED) is 0.561. The van der Waals surface area contributed by atoms with E-state index in [4.69, 9.17) is 0 Å². The van der Waals surface area contributed by atoms with Crippen LogP contribution in [0.2, 0.25) is 0 Å². The molecule has 0 bridgehead atoms. The maximum atomic E-state index is 3.49. The fourth-order valence-electron chi connectivity index (χ4n) is 1.25. The van der Waals surface area contributed by atoms with E-state index in [1.54, 1.807) is 0 Å². The van der Waals surface area contributed by atoms with Crippen molar-refractivity contribution in [2.24, 2.45) is 5.92 Å². The molecule has 0 saturated heterocycles. The zero-order valence-electron chi connectivity index (χ0n) is 9.70. The largest absolute Gasteiger partial charge is 0.316 e. The summed E-state index contributed by atoms with van der Waals surface area (Å²) in [5.74, 6) is 1.95. The van der Waals surface area contributed by atoms with Crippen LogP contribution in [0.15, 0.2) is 35.2 Å². The lowest BCUT2D eigenvalue weighted by atomic mass is 10.1. The van der Waals surface area contributed by atoms with Gasteiger partial charge in [0.1, 0.15) is 0 Å². The fourth-order valence-corrected chi connectivity index (χ4v) is 2.08. The number of benzene rings is 1. The average molecular weight is 223 g/mol. The number of rotatable bonds is 7. The van der Waals surface area contributed by atoms with Crippen LogP contribution in [0.5, 0.6) is 0 Å². The van der Waals surface area contributed by atoms with Crippen LogP contribution in [0, 0.1) is 5.92 Å². The Labute approximate surface area is 97.7 Å². The summed E-state index contributed by atoms with van der Waals surface area (Å²) < 4.78 is 0. The summed E-state index contributed by atoms with van der Waals surface area (Å²) in [7, 11) is 0. The van der Waals surface area contributed by atoms with Crippen molar-refractivity contribution in [1.82, 2.24) is 5.32 Å². The zero-order chi connectivity index (χ0) is 10.9. The number of nitrogens with one attached hydrogen (secondary N) is 1. The van der Waals surface area contributed by atoms with E-state index < -0.39 is 0 Å². The molecule has 0 aliphatic carbocycles. The van der Waals surface area contributed by atoms with E-state index in [0.29, 0.717) is 0 Å². The molecule has 1 atom stereocenters. The van der Waals surface area contributed by atoms with Crippen molar-refractivity contribution in [3.63, 3.8) is 0 Å². The number of thioether (sulfide) groups is 1. The van der Waals surface area contributed by atoms with Gasteiger partial charge in [-0.3, -0.25) is 0 Å². The van der Waals surface area contributed by atoms with Gasteiger partial charge in [-0.2, -0.15) is 0 Å². The van der Waals surface area contributed by atoms with Gasteiger partial charge in [0.25, 0.3) is 0 Å². The van der Waals surface area contributed by atoms with Crippen molar-refractivity contribution in [2.75, 3.05) is 18.8 Å². The molecule has 0 fully saturated rings. The highest BCUT2D eigenvalue weighted by atomic mass is 32.2. The van der Waals surface area contributed by atoms with Gasteiger partial charge < -0.3 is 5.32 Å². The first-order chi connectivity index (χ1) is 7.33. The van der Waals surface area contributed by atoms with Crippen molar-refractivity contribution in [2.45, 2.75) is 25.2 Å². The third-order valence-corrected chi connectivity index (χ3v) is 3.49. The molecule has 0 aromatic heterocycles. The minimum absolute atomic E-state index is 0.798. The van der Waals surface area contributed by atoms with Crippen molar-refractivity contribution < 1.29 is 0 Å². The standard InChI is InChI=1S/C13H21NS/c1-3-12(2)11-14-9-10-15-13-7-5-4-6-8-13/h4-8,12,14H,3,9-11H2,1-2H3. The Balaban J connectivity index is 2.03. The predicted octanol–water partition coefficient (Wildman–Crippen LogP) is 3.41. The van der Waals surface area contributed by atoms with Crippen molar-refractivity contribution in [1.29, 1.82) is 0 Å². The molecule has 0 spiro atoms. The minimum atomic E-state index is 0.798. The average Bonchev–Trinajstić information content (AvgIpc) is 2.29. The molecule has 1 aromatic rings. The Morgan fingerprint density at radius 1 is 1.27 bits per heavy atom. The summed E-state index contributed by atoms with van der Waals surface area (Å²) in [5, 5.41) is 3.49. The summed E-state index contributed by atoms with van der Waals surface area (Å²) >= 11 is 1.92. The van der Waals surface area contributed by atoms with Gasteiger partial charge in [0.15, 0.2) is 0 Å². The molecule has 84 valence electrons. The van der Waals surface area contributed by atoms with Crippen LogP contribution in [0.4, 0.5) is 0 Å². The molecule has 0 saturated carbocycles. The Morgan fingerprint density at radius 2 is 2.00 bits per heavy atom. The van der Waals surface area contributed by atoms with Gasteiger partial charge >= 0.3 is 0 Å². The smallest absolute Gasteiger partial charge is 0.0106 e. The maximum Gasteiger partial charge on any atom is 0.0106 e. The van der Waals surface area contributed by atoms with E-state index in [0.717, 1.165) is 24.8 Å². The molecule has 2 heteroatoms. The molecule has 0 aliphatic heterocycles. The van der Waals surface area contributed by atoms with Crippen molar-refractivity contribution in [3.05, 3.63) is 30.3 Å². The third-order valence-electron chi connectivity index (χ3n) is 2.48. The Bertz CT molecular complexity index is 248. The van der Waals surface area contributed by atoms with Gasteiger partial charge in [-0.1, -0.05) is 38.5 Å². The predicted molar refractivity (Wildman–Crippen MR) is 69.5 cm³/mol. The molecule has 0 aliphatic rings. The molecular formula is C13H21NS. The van der Waals surface area contributed by atoms with E-state index in [1.165, 1.54) is 11.3 Å². The van der Waals surface area contributed by atoms with Crippen LogP contribution in [0.3, 0.4) is 0 Å². The van der Waals surface area contributed by atoms with Gasteiger partial charge in [0.05, 0.1) is 0 Å². The summed E-state index contributed by atoms with van der Waals surface area (Å²) in [6.07, 6.45) is 1.26. The van der Waals surface area contributed by atoms with Crippen molar-refractivity contribution >= 4 is 11.8 Å². The summed E-state index contributed by atoms with van der Waals surface area (Å²) in [5.41, 5.74) is 0. The number of hydrogen-bond donors (Lipinski definition) is 1. The summed E-state index contributed by atoms with van der Waals surface area (Å²) in [6.45, 7) is 6.78. The second kappa shape index (κ2) is 7.77. The van der Waals surface area contributed by atoms with Crippen LogP contribution in [-0.4, -0.2) is 18.8 Å². The van der Waals surface area contributed by atoms with Crippen LogP contribution < -0.4 is 5.32 Å². The molecule has 15 heavy (non-hydrogen) atoms. The highest BCUT2D eigenvalue weighted by Gasteiger charge is 1.97. The molecule has 1 nitrogen and oxygen atoms in total. The molecule has 1 aromatic carbocycles. The fraction of sp³-hybridized carbons (Fsp3) is 0.538. The second-order valence-corrected chi connectivity index (χ2v) is 5.05. The van der Waals surface area contributed by atoms with Gasteiger partial charge in [-0.25, -0.2) is 0 Å². The van der Waals surface area contributed by atoms with Gasteiger partial charge in [0, 0.05) is 17.2 Å². The first-order valence-corrected chi connectivity index (χ1v) is 6.70. The highest BCUT2D eigenvalue weighted by Crippen LogP contribution is 2.15. The lowest BCUT2D eigenvalue weighted by Crippen LogP contribution is -2.23. The minimum Gasteiger partial charge on any atom is -0.316 e. The Kier molecular flexibility index (Phi) is 6.53. The van der Waals surface area contributed by atoms with Crippen molar-refractivity contribution in [3.8, 4) is 0 Å². The zero-order valence-corrected chi connectivity index (χ0v) is 10.5. The summed E-state index contributed by atoms with van der Waals surface area (Å²) in [4.78, 5) is 1.36. The van der Waals surface area contributed by atoms with Crippen LogP contribution in [-0.2, 0) is 0 Å². The molecule has 1 rings (SSSR count). The van der Waals surface area contributed by atoms with Crippen LogP contribution >= 0.6 is 11.8 Å². The lowest BCUT2D eigenvalue weighted by molar-refractivity contribution is 0.511. The SMILES string of the molecule is CCC(C)CNCCSc1ccccc1. The van der Waals surface area contributed by atoms with E-state index in [-0.39, 0.29) is 0 Å². The highest BCUT2D eigenvalue weighted by molar-refractivity contribution is 7.99. The topological polar surface area (TPSA) is 12.0 Å². The Morgan fingerprint density at radius 3 is 2.67 bits per heavy atom. The molecule has 0 heterocycles. The maximum absolute atomic E-state index is 3.49. The first-order valence-electron chi connectivity index (χ1n) is 5.71. The third kappa shape index (κ3) is 5.85.